The fraction of sp³-hybridized carbons (Fsp3) is 0.136. The number of aryl methyl sites for hydroxylation is 1. The van der Waals surface area contributed by atoms with Crippen molar-refractivity contribution in [2.24, 2.45) is 5.10 Å². The monoisotopic (exact) mass is 312 g/mol. The summed E-state index contributed by atoms with van der Waals surface area (Å²) in [4.78, 5) is 0. The molecule has 0 spiro atoms. The van der Waals surface area contributed by atoms with Crippen LogP contribution >= 0.6 is 0 Å². The molecule has 0 fully saturated rings. The Bertz CT molecular complexity index is 851. The molecule has 0 aromatic heterocycles. The van der Waals surface area contributed by atoms with E-state index in [0.29, 0.717) is 0 Å². The maximum absolute atomic E-state index is 4.63. The van der Waals surface area contributed by atoms with Crippen LogP contribution in [-0.2, 0) is 0 Å². The molecule has 3 aromatic carbocycles. The predicted octanol–water partition coefficient (Wildman–Crippen LogP) is 5.60. The maximum Gasteiger partial charge on any atom is 0.0825 e. The fourth-order valence-corrected chi connectivity index (χ4v) is 3.19. The summed E-state index contributed by atoms with van der Waals surface area (Å²) in [6.45, 7) is 2.12. The van der Waals surface area contributed by atoms with Crippen LogP contribution < -0.4 is 5.01 Å². The van der Waals surface area contributed by atoms with E-state index in [1.165, 1.54) is 22.3 Å². The maximum atomic E-state index is 4.63. The summed E-state index contributed by atoms with van der Waals surface area (Å²) in [6.07, 6.45) is 2.96. The molecule has 3 aromatic rings. The first-order valence-electron chi connectivity index (χ1n) is 8.35. The van der Waals surface area contributed by atoms with E-state index in [9.17, 15) is 0 Å². The van der Waals surface area contributed by atoms with Crippen LogP contribution in [-0.4, -0.2) is 6.21 Å². The highest BCUT2D eigenvalue weighted by atomic mass is 15.5. The second-order valence-electron chi connectivity index (χ2n) is 6.22. The molecule has 1 unspecified atom stereocenters. The molecular weight excluding hydrogens is 292 g/mol. The molecule has 24 heavy (non-hydrogen) atoms. The lowest BCUT2D eigenvalue weighted by Gasteiger charge is -2.24. The van der Waals surface area contributed by atoms with E-state index in [2.05, 4.69) is 89.8 Å². The van der Waals surface area contributed by atoms with Gasteiger partial charge >= 0.3 is 0 Å². The lowest BCUT2D eigenvalue weighted by Crippen LogP contribution is -2.18. The van der Waals surface area contributed by atoms with E-state index in [4.69, 9.17) is 0 Å². The van der Waals surface area contributed by atoms with Gasteiger partial charge in [-0.2, -0.15) is 5.10 Å². The third-order valence-corrected chi connectivity index (χ3v) is 4.51. The summed E-state index contributed by atoms with van der Waals surface area (Å²) in [7, 11) is 0. The number of nitrogens with zero attached hydrogens (tertiary/aromatic N) is 2. The molecular formula is C22H20N2. The number of hydrazone groups is 1. The second kappa shape index (κ2) is 6.32. The Kier molecular flexibility index (Phi) is 3.87. The quantitative estimate of drug-likeness (QED) is 0.614. The molecule has 0 saturated carbocycles. The Balaban J connectivity index is 1.67. The van der Waals surface area contributed by atoms with Crippen molar-refractivity contribution in [1.29, 1.82) is 0 Å². The Morgan fingerprint density at radius 1 is 0.833 bits per heavy atom. The van der Waals surface area contributed by atoms with Crippen LogP contribution in [0, 0.1) is 6.92 Å². The summed E-state index contributed by atoms with van der Waals surface area (Å²) < 4.78 is 0. The van der Waals surface area contributed by atoms with Gasteiger partial charge < -0.3 is 0 Å². The minimum atomic E-state index is 0.275. The van der Waals surface area contributed by atoms with E-state index in [1.807, 2.05) is 12.3 Å². The van der Waals surface area contributed by atoms with Gasteiger partial charge in [-0.15, -0.1) is 0 Å². The van der Waals surface area contributed by atoms with Gasteiger partial charge in [0.25, 0.3) is 0 Å². The van der Waals surface area contributed by atoms with Gasteiger partial charge in [0.05, 0.1) is 11.7 Å². The van der Waals surface area contributed by atoms with E-state index >= 15 is 0 Å². The van der Waals surface area contributed by atoms with Crippen LogP contribution in [0.4, 0.5) is 5.69 Å². The number of benzene rings is 3. The Labute approximate surface area is 143 Å². The lowest BCUT2D eigenvalue weighted by atomic mass is 10.0. The van der Waals surface area contributed by atoms with Crippen LogP contribution in [0.2, 0.25) is 0 Å². The molecule has 4 rings (SSSR count). The molecule has 1 aliphatic heterocycles. The fourth-order valence-electron chi connectivity index (χ4n) is 3.19. The van der Waals surface area contributed by atoms with E-state index in [0.717, 1.165) is 12.1 Å². The highest BCUT2D eigenvalue weighted by Crippen LogP contribution is 2.35. The zero-order chi connectivity index (χ0) is 16.4. The van der Waals surface area contributed by atoms with Crippen molar-refractivity contribution in [3.8, 4) is 11.1 Å². The average molecular weight is 312 g/mol. The minimum absolute atomic E-state index is 0.275. The predicted molar refractivity (Wildman–Crippen MR) is 101 cm³/mol. The third-order valence-electron chi connectivity index (χ3n) is 4.51. The van der Waals surface area contributed by atoms with E-state index in [-0.39, 0.29) is 6.04 Å². The Morgan fingerprint density at radius 3 is 2.38 bits per heavy atom. The third kappa shape index (κ3) is 2.83. The summed E-state index contributed by atoms with van der Waals surface area (Å²) in [5.74, 6) is 0. The van der Waals surface area contributed by atoms with E-state index in [1.54, 1.807) is 0 Å². The van der Waals surface area contributed by atoms with Crippen molar-refractivity contribution in [3.05, 3.63) is 90.0 Å². The first kappa shape index (κ1) is 14.7. The van der Waals surface area contributed by atoms with Crippen molar-refractivity contribution in [2.45, 2.75) is 19.4 Å². The van der Waals surface area contributed by atoms with Crippen molar-refractivity contribution in [1.82, 2.24) is 0 Å². The topological polar surface area (TPSA) is 15.6 Å². The van der Waals surface area contributed by atoms with Crippen molar-refractivity contribution in [3.63, 3.8) is 0 Å². The van der Waals surface area contributed by atoms with Gasteiger partial charge in [0.1, 0.15) is 0 Å². The van der Waals surface area contributed by atoms with Gasteiger partial charge in [-0.25, -0.2) is 0 Å². The lowest BCUT2D eigenvalue weighted by molar-refractivity contribution is 0.709. The number of rotatable bonds is 3. The van der Waals surface area contributed by atoms with Crippen LogP contribution in [0.1, 0.15) is 23.6 Å². The summed E-state index contributed by atoms with van der Waals surface area (Å²) in [5.41, 5.74) is 6.18. The van der Waals surface area contributed by atoms with Crippen LogP contribution in [0.25, 0.3) is 11.1 Å². The van der Waals surface area contributed by atoms with E-state index < -0.39 is 0 Å². The van der Waals surface area contributed by atoms with Gasteiger partial charge in [0, 0.05) is 12.6 Å². The number of anilines is 1. The molecule has 1 atom stereocenters. The molecule has 0 bridgehead atoms. The molecule has 0 radical (unpaired) electrons. The largest absolute Gasteiger partial charge is 0.258 e. The molecule has 0 aliphatic carbocycles. The first-order chi connectivity index (χ1) is 11.8. The van der Waals surface area contributed by atoms with Gasteiger partial charge in [-0.05, 0) is 35.7 Å². The summed E-state index contributed by atoms with van der Waals surface area (Å²) >= 11 is 0. The zero-order valence-corrected chi connectivity index (χ0v) is 13.8. The van der Waals surface area contributed by atoms with Crippen LogP contribution in [0.3, 0.4) is 0 Å². The smallest absolute Gasteiger partial charge is 0.0825 e. The Morgan fingerprint density at radius 2 is 1.58 bits per heavy atom. The standard InChI is InChI=1S/C22H20N2/c1-17-10-12-19(13-11-17)22-14-15-23-24(22)21-9-5-8-20(16-21)18-6-3-2-4-7-18/h2-13,15-16,22H,14H2,1H3. The minimum Gasteiger partial charge on any atom is -0.258 e. The van der Waals surface area contributed by atoms with Crippen LogP contribution in [0.15, 0.2) is 84.0 Å². The van der Waals surface area contributed by atoms with Gasteiger partial charge in [-0.1, -0.05) is 72.3 Å². The second-order valence-corrected chi connectivity index (χ2v) is 6.22. The van der Waals surface area contributed by atoms with Gasteiger partial charge in [0.15, 0.2) is 0 Å². The van der Waals surface area contributed by atoms with Gasteiger partial charge in [0.2, 0.25) is 0 Å². The van der Waals surface area contributed by atoms with Crippen molar-refractivity contribution < 1.29 is 0 Å². The summed E-state index contributed by atoms with van der Waals surface area (Å²) in [6, 6.07) is 28.1. The molecule has 2 heteroatoms. The molecule has 0 amide bonds. The molecule has 0 saturated heterocycles. The number of hydrogen-bond donors (Lipinski definition) is 0. The van der Waals surface area contributed by atoms with Crippen molar-refractivity contribution >= 4 is 11.9 Å². The molecule has 1 aliphatic rings. The zero-order valence-electron chi connectivity index (χ0n) is 13.8. The van der Waals surface area contributed by atoms with Crippen molar-refractivity contribution in [2.75, 3.05) is 5.01 Å². The van der Waals surface area contributed by atoms with Crippen LogP contribution in [0.5, 0.6) is 0 Å². The summed E-state index contributed by atoms with van der Waals surface area (Å²) in [5, 5.41) is 6.77. The Hall–Kier alpha value is -2.87. The highest BCUT2D eigenvalue weighted by Gasteiger charge is 2.24. The SMILES string of the molecule is Cc1ccc(C2CC=NN2c2cccc(-c3ccccc3)c2)cc1. The molecule has 0 N–H and O–H groups in total. The highest BCUT2D eigenvalue weighted by molar-refractivity contribution is 5.72. The molecule has 1 heterocycles. The number of hydrogen-bond acceptors (Lipinski definition) is 2. The first-order valence-corrected chi connectivity index (χ1v) is 8.35. The average Bonchev–Trinajstić information content (AvgIpc) is 3.13. The molecule has 118 valence electrons. The normalized spacial score (nSPS) is 16.5. The molecule has 2 nitrogen and oxygen atoms in total. The van der Waals surface area contributed by atoms with Gasteiger partial charge in [-0.3, -0.25) is 5.01 Å².